The van der Waals surface area contributed by atoms with Crippen molar-refractivity contribution in [3.8, 4) is 0 Å². The van der Waals surface area contributed by atoms with Crippen LogP contribution in [0.3, 0.4) is 0 Å². The number of carbonyl (C=O) groups is 1. The van der Waals surface area contributed by atoms with Crippen LogP contribution in [0.25, 0.3) is 0 Å². The zero-order chi connectivity index (χ0) is 28.1. The number of ketones is 1. The fraction of sp³-hybridized carbons (Fsp3) is 0.500. The number of Topliss-reactive ketones (excluding diaryl/α,β-unsaturated/α-hetero) is 1. The van der Waals surface area contributed by atoms with Gasteiger partial charge in [-0.1, -0.05) is 30.3 Å². The molecule has 2 aliphatic carbocycles. The van der Waals surface area contributed by atoms with Crippen molar-refractivity contribution in [1.82, 2.24) is 4.90 Å². The fourth-order valence-corrected chi connectivity index (χ4v) is 6.63. The van der Waals surface area contributed by atoms with Gasteiger partial charge >= 0.3 is 12.4 Å². The summed E-state index contributed by atoms with van der Waals surface area (Å²) < 4.78 is 87.3. The molecule has 0 bridgehead atoms. The van der Waals surface area contributed by atoms with Crippen molar-refractivity contribution in [3.05, 3.63) is 82.1 Å². The number of likely N-dealkylation sites (tertiary alicyclic amines) is 1. The Kier molecular flexibility index (Phi) is 7.33. The summed E-state index contributed by atoms with van der Waals surface area (Å²) in [6, 6.07) is 9.54. The number of ether oxygens (including phenoxy) is 1. The maximum absolute atomic E-state index is 13.5. The monoisotopic (exact) mass is 551 g/mol. The van der Waals surface area contributed by atoms with Crippen LogP contribution in [-0.2, 0) is 21.9 Å². The molecule has 1 heterocycles. The van der Waals surface area contributed by atoms with Crippen molar-refractivity contribution in [2.45, 2.75) is 70.0 Å². The third kappa shape index (κ3) is 5.60. The first kappa shape index (κ1) is 27.7. The van der Waals surface area contributed by atoms with Crippen LogP contribution in [0.15, 0.2) is 54.2 Å². The maximum atomic E-state index is 13.5. The minimum absolute atomic E-state index is 0.109. The number of aryl methyl sites for hydroxylation is 1. The quantitative estimate of drug-likeness (QED) is 0.355. The molecule has 0 amide bonds. The van der Waals surface area contributed by atoms with Gasteiger partial charge in [0.1, 0.15) is 0 Å². The maximum Gasteiger partial charge on any atom is 0.416 e. The van der Waals surface area contributed by atoms with Gasteiger partial charge in [0.05, 0.1) is 29.0 Å². The molecule has 210 valence electrons. The number of benzene rings is 2. The molecule has 1 saturated carbocycles. The van der Waals surface area contributed by atoms with Gasteiger partial charge < -0.3 is 9.64 Å². The Morgan fingerprint density at radius 1 is 0.949 bits per heavy atom. The van der Waals surface area contributed by atoms with Crippen LogP contribution in [0.4, 0.5) is 26.3 Å². The molecular formula is C30H31F6NO2. The molecule has 1 saturated heterocycles. The summed E-state index contributed by atoms with van der Waals surface area (Å²) in [6.07, 6.45) is -6.56. The van der Waals surface area contributed by atoms with E-state index in [4.69, 9.17) is 4.74 Å². The molecule has 0 radical (unpaired) electrons. The Balaban J connectivity index is 1.46. The predicted molar refractivity (Wildman–Crippen MR) is 134 cm³/mol. The lowest BCUT2D eigenvalue weighted by Gasteiger charge is -2.41. The van der Waals surface area contributed by atoms with Gasteiger partial charge in [0.2, 0.25) is 0 Å². The number of halogens is 6. The van der Waals surface area contributed by atoms with Crippen LogP contribution in [0.2, 0.25) is 0 Å². The van der Waals surface area contributed by atoms with Crippen LogP contribution >= 0.6 is 0 Å². The molecule has 3 aliphatic rings. The summed E-state index contributed by atoms with van der Waals surface area (Å²) in [5, 5.41) is 0. The van der Waals surface area contributed by atoms with Gasteiger partial charge in [-0.05, 0) is 79.8 Å². The van der Waals surface area contributed by atoms with Crippen molar-refractivity contribution in [2.24, 2.45) is 11.8 Å². The van der Waals surface area contributed by atoms with E-state index in [-0.39, 0.29) is 29.2 Å². The highest BCUT2D eigenvalue weighted by atomic mass is 19.4. The highest BCUT2D eigenvalue weighted by Crippen LogP contribution is 2.49. The largest absolute Gasteiger partial charge is 0.416 e. The highest BCUT2D eigenvalue weighted by molar-refractivity contribution is 5.97. The van der Waals surface area contributed by atoms with Crippen molar-refractivity contribution in [2.75, 3.05) is 13.1 Å². The molecule has 39 heavy (non-hydrogen) atoms. The summed E-state index contributed by atoms with van der Waals surface area (Å²) in [5.74, 6) is 0.484. The topological polar surface area (TPSA) is 29.5 Å². The lowest BCUT2D eigenvalue weighted by atomic mass is 9.68. The third-order valence-electron chi connectivity index (χ3n) is 8.52. The Labute approximate surface area is 223 Å². The van der Waals surface area contributed by atoms with Gasteiger partial charge in [-0.2, -0.15) is 26.3 Å². The number of hydrogen-bond donors (Lipinski definition) is 0. The molecule has 2 aromatic carbocycles. The molecule has 2 fully saturated rings. The van der Waals surface area contributed by atoms with Gasteiger partial charge in [-0.25, -0.2) is 0 Å². The first-order valence-electron chi connectivity index (χ1n) is 13.3. The number of fused-ring (bicyclic) bond motifs is 1. The predicted octanol–water partition coefficient (Wildman–Crippen LogP) is 7.85. The molecule has 0 N–H and O–H groups in total. The fourth-order valence-electron chi connectivity index (χ4n) is 6.63. The molecule has 5 atom stereocenters. The summed E-state index contributed by atoms with van der Waals surface area (Å²) in [6.45, 7) is 4.93. The van der Waals surface area contributed by atoms with Crippen molar-refractivity contribution < 1.29 is 35.9 Å². The number of nitrogens with zero attached hydrogens (tertiary/aromatic N) is 1. The second-order valence-electron chi connectivity index (χ2n) is 11.0. The number of alkyl halides is 6. The van der Waals surface area contributed by atoms with E-state index in [2.05, 4.69) is 4.90 Å². The Morgan fingerprint density at radius 3 is 2.21 bits per heavy atom. The Morgan fingerprint density at radius 2 is 1.62 bits per heavy atom. The van der Waals surface area contributed by atoms with Crippen molar-refractivity contribution in [1.29, 1.82) is 0 Å². The second-order valence-corrected chi connectivity index (χ2v) is 11.0. The number of carbonyl (C=O) groups excluding carboxylic acids is 1. The molecule has 2 aromatic rings. The van der Waals surface area contributed by atoms with E-state index in [0.717, 1.165) is 48.3 Å². The average molecular weight is 552 g/mol. The zero-order valence-corrected chi connectivity index (χ0v) is 21.8. The van der Waals surface area contributed by atoms with E-state index in [0.29, 0.717) is 25.3 Å². The van der Waals surface area contributed by atoms with Crippen LogP contribution in [0.5, 0.6) is 0 Å². The smallest absolute Gasteiger partial charge is 0.370 e. The number of hydrogen-bond acceptors (Lipinski definition) is 3. The van der Waals surface area contributed by atoms with Crippen molar-refractivity contribution in [3.63, 3.8) is 0 Å². The SMILES string of the molecule is Cc1ccccc1[C@H]1[C@@H]2CN(C3=CCCC3=O)C[C@H]2CC[C@@H]1O[C@H](C)c1cc(C(F)(F)F)cc(C(F)(F)F)c1. The first-order valence-corrected chi connectivity index (χ1v) is 13.3. The average Bonchev–Trinajstić information content (AvgIpc) is 3.49. The summed E-state index contributed by atoms with van der Waals surface area (Å²) in [5.41, 5.74) is 0.0428. The van der Waals surface area contributed by atoms with Crippen LogP contribution < -0.4 is 0 Å². The molecule has 5 rings (SSSR count). The first-order chi connectivity index (χ1) is 18.3. The van der Waals surface area contributed by atoms with E-state index in [1.165, 1.54) is 6.92 Å². The van der Waals surface area contributed by atoms with E-state index in [1.807, 2.05) is 37.3 Å². The van der Waals surface area contributed by atoms with Gasteiger partial charge in [0.15, 0.2) is 5.78 Å². The lowest BCUT2D eigenvalue weighted by Crippen LogP contribution is -2.38. The third-order valence-corrected chi connectivity index (χ3v) is 8.52. The highest BCUT2D eigenvalue weighted by Gasteiger charge is 2.47. The van der Waals surface area contributed by atoms with E-state index >= 15 is 0 Å². The molecule has 0 spiro atoms. The summed E-state index contributed by atoms with van der Waals surface area (Å²) >= 11 is 0. The Hall–Kier alpha value is -2.81. The second kappa shape index (κ2) is 10.3. The molecule has 9 heteroatoms. The standard InChI is InChI=1S/C30H31F6NO2/c1-17-6-3-4-7-23(17)28-24-16-37(25-8-5-9-26(25)38)15-19(24)10-11-27(28)39-18(2)20-12-21(29(31,32)33)14-22(13-20)30(34,35)36/h3-4,6-8,12-14,18-19,24,27-28H,5,9-11,15-16H2,1-2H3/t18-,19-,24-,27+,28+/m1/s1. The molecular weight excluding hydrogens is 520 g/mol. The van der Waals surface area contributed by atoms with Crippen molar-refractivity contribution >= 4 is 5.78 Å². The molecule has 1 aliphatic heterocycles. The van der Waals surface area contributed by atoms with Gasteiger partial charge in [-0.15, -0.1) is 0 Å². The normalized spacial score (nSPS) is 26.5. The van der Waals surface area contributed by atoms with Gasteiger partial charge in [0.25, 0.3) is 0 Å². The van der Waals surface area contributed by atoms with Gasteiger partial charge in [-0.3, -0.25) is 4.79 Å². The minimum Gasteiger partial charge on any atom is -0.370 e. The molecule has 0 aromatic heterocycles. The van der Waals surface area contributed by atoms with Crippen LogP contribution in [0.1, 0.15) is 72.4 Å². The summed E-state index contributed by atoms with van der Waals surface area (Å²) in [7, 11) is 0. The molecule has 3 nitrogen and oxygen atoms in total. The lowest BCUT2D eigenvalue weighted by molar-refractivity contribution is -0.143. The van der Waals surface area contributed by atoms with E-state index < -0.39 is 35.7 Å². The van der Waals surface area contributed by atoms with E-state index in [9.17, 15) is 31.1 Å². The van der Waals surface area contributed by atoms with E-state index in [1.54, 1.807) is 0 Å². The Bertz CT molecular complexity index is 1230. The van der Waals surface area contributed by atoms with Crippen LogP contribution in [-0.4, -0.2) is 29.9 Å². The van der Waals surface area contributed by atoms with Gasteiger partial charge in [0, 0.05) is 25.4 Å². The zero-order valence-electron chi connectivity index (χ0n) is 21.8. The summed E-state index contributed by atoms with van der Waals surface area (Å²) in [4.78, 5) is 14.6. The van der Waals surface area contributed by atoms with Crippen LogP contribution in [0, 0.1) is 18.8 Å². The number of allylic oxidation sites excluding steroid dienone is 2. The number of rotatable bonds is 5. The minimum atomic E-state index is -4.92. The molecule has 0 unspecified atom stereocenters.